The number of rotatable bonds is 0. The third-order valence-electron chi connectivity index (χ3n) is 2.02. The summed E-state index contributed by atoms with van der Waals surface area (Å²) < 4.78 is 4.47. The zero-order valence-corrected chi connectivity index (χ0v) is 15.0. The molecule has 130 valence electrons. The van der Waals surface area contributed by atoms with Crippen molar-refractivity contribution in [3.63, 3.8) is 0 Å². The molecule has 0 saturated heterocycles. The maximum absolute atomic E-state index is 4.47. The Kier molecular flexibility index (Phi) is 14.0. The molecule has 0 aliphatic carbocycles. The first-order valence-electron chi connectivity index (χ1n) is 7.12. The van der Waals surface area contributed by atoms with Gasteiger partial charge in [-0.25, -0.2) is 9.97 Å². The number of nitrogens with one attached hydrogen (secondary N) is 2. The highest BCUT2D eigenvalue weighted by Crippen LogP contribution is 1.91. The molecule has 0 saturated carbocycles. The molecule has 5 aromatic heterocycles. The van der Waals surface area contributed by atoms with Gasteiger partial charge < -0.3 is 14.4 Å². The third kappa shape index (κ3) is 15.7. The fourth-order valence-corrected chi connectivity index (χ4v) is 1.88. The van der Waals surface area contributed by atoms with E-state index >= 15 is 0 Å². The van der Waals surface area contributed by atoms with Crippen LogP contribution in [-0.4, -0.2) is 24.9 Å². The highest BCUT2D eigenvalue weighted by atomic mass is 32.1. The lowest BCUT2D eigenvalue weighted by Crippen LogP contribution is -1.44. The number of nitrogens with zero attached hydrogens (tertiary/aromatic N) is 3. The van der Waals surface area contributed by atoms with Crippen molar-refractivity contribution in [1.82, 2.24) is 24.9 Å². The van der Waals surface area contributed by atoms with Crippen LogP contribution in [0.3, 0.4) is 0 Å². The van der Waals surface area contributed by atoms with Crippen LogP contribution in [0, 0.1) is 0 Å². The van der Waals surface area contributed by atoms with Gasteiger partial charge >= 0.3 is 0 Å². The van der Waals surface area contributed by atoms with Crippen molar-refractivity contribution in [3.05, 3.63) is 102 Å². The zero-order chi connectivity index (χ0) is 17.7. The first kappa shape index (κ1) is 20.1. The lowest BCUT2D eigenvalue weighted by Gasteiger charge is -1.49. The van der Waals surface area contributed by atoms with Gasteiger partial charge in [0.2, 0.25) is 0 Å². The van der Waals surface area contributed by atoms with E-state index in [1.165, 1.54) is 12.7 Å². The Bertz CT molecular complexity index is 468. The van der Waals surface area contributed by atoms with Crippen molar-refractivity contribution >= 4 is 22.7 Å². The molecule has 0 radical (unpaired) electrons. The molecule has 0 atom stereocenters. The molecule has 8 heteroatoms. The average Bonchev–Trinajstić information content (AvgIpc) is 3.55. The monoisotopic (exact) mass is 373 g/mol. The molecular formula is C17H19N5OS2. The predicted molar refractivity (Wildman–Crippen MR) is 102 cm³/mol. The summed E-state index contributed by atoms with van der Waals surface area (Å²) in [5, 5.41) is 6.01. The van der Waals surface area contributed by atoms with Gasteiger partial charge in [0.15, 0.2) is 6.39 Å². The normalized spacial score (nSPS) is 8.00. The molecule has 5 rings (SSSR count). The third-order valence-corrected chi connectivity index (χ3v) is 3.17. The largest absolute Gasteiger partial charge is 0.452 e. The number of imidazole rings is 1. The van der Waals surface area contributed by atoms with Crippen LogP contribution >= 0.6 is 22.7 Å². The second kappa shape index (κ2) is 17.4. The van der Waals surface area contributed by atoms with Crippen LogP contribution in [0.25, 0.3) is 0 Å². The molecular weight excluding hydrogens is 354 g/mol. The Morgan fingerprint density at radius 2 is 1.52 bits per heavy atom. The van der Waals surface area contributed by atoms with Gasteiger partial charge in [0.25, 0.3) is 0 Å². The Hall–Kier alpha value is -2.97. The van der Waals surface area contributed by atoms with E-state index in [0.717, 1.165) is 0 Å². The van der Waals surface area contributed by atoms with Crippen molar-refractivity contribution in [1.29, 1.82) is 0 Å². The Morgan fingerprint density at radius 1 is 0.680 bits per heavy atom. The van der Waals surface area contributed by atoms with Crippen molar-refractivity contribution < 1.29 is 4.42 Å². The topological polar surface area (TPSA) is 83.4 Å². The average molecular weight is 374 g/mol. The van der Waals surface area contributed by atoms with Crippen LogP contribution in [0.4, 0.5) is 0 Å². The molecule has 0 unspecified atom stereocenters. The number of thiazole rings is 1. The summed E-state index contributed by atoms with van der Waals surface area (Å²) in [4.78, 5) is 16.6. The van der Waals surface area contributed by atoms with E-state index in [1.54, 1.807) is 59.3 Å². The minimum atomic E-state index is 1.38. The van der Waals surface area contributed by atoms with Crippen LogP contribution in [-0.2, 0) is 0 Å². The predicted octanol–water partition coefficient (Wildman–Crippen LogP) is 4.99. The number of aromatic nitrogens is 5. The SMILES string of the molecule is c1c[nH]cn1.c1cc[nH]c1.c1ccsc1.c1cocn1.c1cscn1. The second-order valence-electron chi connectivity index (χ2n) is 3.79. The number of thiophene rings is 1. The standard InChI is InChI=1S/C4H5N.C4H4S.C3H4N2.C3H3NO.C3H3NS/c2*1-2-4-5-3-1;3*1-2-5-3-4-1/h1-5H;1-4H;1-3H,(H,4,5);2*1-3H. The molecule has 0 aromatic carbocycles. The van der Waals surface area contributed by atoms with Gasteiger partial charge in [-0.1, -0.05) is 12.1 Å². The van der Waals surface area contributed by atoms with E-state index in [-0.39, 0.29) is 0 Å². The summed E-state index contributed by atoms with van der Waals surface area (Å²) in [6, 6.07) is 7.93. The van der Waals surface area contributed by atoms with Gasteiger partial charge in [-0.3, -0.25) is 4.98 Å². The fourth-order valence-electron chi connectivity index (χ4n) is 1.07. The number of hydrogen-bond acceptors (Lipinski definition) is 6. The molecule has 0 aliphatic heterocycles. The zero-order valence-electron chi connectivity index (χ0n) is 13.4. The number of oxazole rings is 1. The summed E-state index contributed by atoms with van der Waals surface area (Å²) in [6.07, 6.45) is 15.1. The highest BCUT2D eigenvalue weighted by Gasteiger charge is 1.60. The van der Waals surface area contributed by atoms with Crippen LogP contribution in [0.15, 0.2) is 106 Å². The summed E-state index contributed by atoms with van der Waals surface area (Å²) in [6.45, 7) is 0. The number of hydrogen-bond donors (Lipinski definition) is 2. The van der Waals surface area contributed by atoms with Gasteiger partial charge in [-0.15, -0.1) is 11.3 Å². The lowest BCUT2D eigenvalue weighted by molar-refractivity contribution is 0.558. The van der Waals surface area contributed by atoms with Crippen molar-refractivity contribution in [2.24, 2.45) is 0 Å². The Morgan fingerprint density at radius 3 is 1.72 bits per heavy atom. The smallest absolute Gasteiger partial charge is 0.180 e. The van der Waals surface area contributed by atoms with E-state index in [1.807, 2.05) is 52.8 Å². The van der Waals surface area contributed by atoms with Crippen molar-refractivity contribution in [2.45, 2.75) is 0 Å². The summed E-state index contributed by atoms with van der Waals surface area (Å²) in [7, 11) is 0. The summed E-state index contributed by atoms with van der Waals surface area (Å²) in [5.74, 6) is 0. The molecule has 0 bridgehead atoms. The van der Waals surface area contributed by atoms with Crippen LogP contribution in [0.5, 0.6) is 0 Å². The van der Waals surface area contributed by atoms with E-state index in [4.69, 9.17) is 0 Å². The minimum absolute atomic E-state index is 1.38. The van der Waals surface area contributed by atoms with Gasteiger partial charge in [0.1, 0.15) is 6.26 Å². The highest BCUT2D eigenvalue weighted by molar-refractivity contribution is 7.07. The maximum Gasteiger partial charge on any atom is 0.180 e. The first-order chi connectivity index (χ1) is 12.5. The quantitative estimate of drug-likeness (QED) is 0.400. The van der Waals surface area contributed by atoms with E-state index < -0.39 is 0 Å². The Balaban J connectivity index is 0.000000156. The van der Waals surface area contributed by atoms with E-state index in [2.05, 4.69) is 29.3 Å². The van der Waals surface area contributed by atoms with Gasteiger partial charge in [0.05, 0.1) is 18.0 Å². The van der Waals surface area contributed by atoms with Gasteiger partial charge in [-0.05, 0) is 22.9 Å². The van der Waals surface area contributed by atoms with Crippen molar-refractivity contribution in [3.8, 4) is 0 Å². The molecule has 0 aliphatic rings. The van der Waals surface area contributed by atoms with Crippen molar-refractivity contribution in [2.75, 3.05) is 0 Å². The Labute approximate surface area is 154 Å². The van der Waals surface area contributed by atoms with E-state index in [0.29, 0.717) is 0 Å². The van der Waals surface area contributed by atoms with Crippen LogP contribution in [0.2, 0.25) is 0 Å². The summed E-state index contributed by atoms with van der Waals surface area (Å²) in [5.41, 5.74) is 1.79. The molecule has 25 heavy (non-hydrogen) atoms. The molecule has 2 N–H and O–H groups in total. The maximum atomic E-state index is 4.47. The lowest BCUT2D eigenvalue weighted by atomic mass is 10.7. The number of aromatic amines is 2. The fraction of sp³-hybridized carbons (Fsp3) is 0. The molecule has 5 aromatic rings. The summed E-state index contributed by atoms with van der Waals surface area (Å²) >= 11 is 3.31. The number of H-pyrrole nitrogens is 2. The van der Waals surface area contributed by atoms with Crippen LogP contribution in [0.1, 0.15) is 0 Å². The molecule has 0 spiro atoms. The molecule has 5 heterocycles. The van der Waals surface area contributed by atoms with Crippen LogP contribution < -0.4 is 0 Å². The molecule has 0 fully saturated rings. The second-order valence-corrected chi connectivity index (χ2v) is 5.36. The molecule has 0 amide bonds. The minimum Gasteiger partial charge on any atom is -0.452 e. The van der Waals surface area contributed by atoms with Gasteiger partial charge in [0, 0.05) is 36.4 Å². The first-order valence-corrected chi connectivity index (χ1v) is 9.00. The molecule has 6 nitrogen and oxygen atoms in total. The van der Waals surface area contributed by atoms with E-state index in [9.17, 15) is 0 Å². The van der Waals surface area contributed by atoms with Gasteiger partial charge in [-0.2, -0.15) is 11.3 Å².